The fourth-order valence-corrected chi connectivity index (χ4v) is 3.37. The van der Waals surface area contributed by atoms with Crippen molar-refractivity contribution in [1.29, 1.82) is 0 Å². The molecule has 1 fully saturated rings. The molecule has 0 atom stereocenters. The maximum atomic E-state index is 13.1. The van der Waals surface area contributed by atoms with E-state index in [1.165, 1.54) is 16.7 Å². The summed E-state index contributed by atoms with van der Waals surface area (Å²) in [5.41, 5.74) is 5.89. The third-order valence-corrected chi connectivity index (χ3v) is 4.92. The van der Waals surface area contributed by atoms with Crippen molar-refractivity contribution in [2.24, 2.45) is 0 Å². The Morgan fingerprint density at radius 3 is 2.47 bits per heavy atom. The number of morpholine rings is 1. The second-order valence-corrected chi connectivity index (χ2v) is 7.06. The Labute approximate surface area is 172 Å². The van der Waals surface area contributed by atoms with Crippen LogP contribution < -0.4 is 27.2 Å². The van der Waals surface area contributed by atoms with Crippen molar-refractivity contribution >= 4 is 17.4 Å². The fourth-order valence-electron chi connectivity index (χ4n) is 3.37. The summed E-state index contributed by atoms with van der Waals surface area (Å²) in [6, 6.07) is 5.69. The summed E-state index contributed by atoms with van der Waals surface area (Å²) < 4.78 is 20.6. The van der Waals surface area contributed by atoms with Crippen LogP contribution in [0.2, 0.25) is 0 Å². The highest BCUT2D eigenvalue weighted by Gasteiger charge is 2.24. The molecule has 0 radical (unpaired) electrons. The van der Waals surface area contributed by atoms with Gasteiger partial charge in [-0.1, -0.05) is 19.1 Å². The lowest BCUT2D eigenvalue weighted by Gasteiger charge is -2.30. The lowest BCUT2D eigenvalue weighted by molar-refractivity contribution is -0.121. The van der Waals surface area contributed by atoms with Crippen molar-refractivity contribution in [2.45, 2.75) is 33.0 Å². The van der Waals surface area contributed by atoms with Crippen LogP contribution in [-0.4, -0.2) is 41.3 Å². The van der Waals surface area contributed by atoms with Crippen molar-refractivity contribution < 1.29 is 13.9 Å². The van der Waals surface area contributed by atoms with Crippen LogP contribution in [0.4, 0.5) is 15.9 Å². The summed E-state index contributed by atoms with van der Waals surface area (Å²) in [7, 11) is 0. The number of carbonyl (C=O) groups excluding carboxylic acids is 1. The molecule has 1 aliphatic rings. The molecule has 0 bridgehead atoms. The number of halogens is 1. The maximum absolute atomic E-state index is 13.1. The first-order valence-corrected chi connectivity index (χ1v) is 9.89. The SMILES string of the molecule is CCCn1c(N)c(N2CCOCC2)c(=O)n(CC(=O)NCc2ccc(F)cc2)c1=O. The molecular weight excluding hydrogens is 393 g/mol. The summed E-state index contributed by atoms with van der Waals surface area (Å²) in [5.74, 6) is -0.762. The number of benzene rings is 1. The van der Waals surface area contributed by atoms with Gasteiger partial charge in [0.15, 0.2) is 0 Å². The Hall–Kier alpha value is -3.14. The molecule has 1 aromatic heterocycles. The van der Waals surface area contributed by atoms with Crippen LogP contribution >= 0.6 is 0 Å². The molecule has 0 saturated carbocycles. The van der Waals surface area contributed by atoms with Gasteiger partial charge in [0.1, 0.15) is 23.9 Å². The molecule has 1 aliphatic heterocycles. The van der Waals surface area contributed by atoms with Gasteiger partial charge in [0, 0.05) is 26.2 Å². The molecular formula is C20H26FN5O4. The van der Waals surface area contributed by atoms with E-state index < -0.39 is 23.7 Å². The Morgan fingerprint density at radius 1 is 1.17 bits per heavy atom. The number of hydrogen-bond acceptors (Lipinski definition) is 6. The second kappa shape index (κ2) is 9.57. The smallest absolute Gasteiger partial charge is 0.333 e. The number of hydrogen-bond donors (Lipinski definition) is 2. The molecule has 1 amide bonds. The Bertz CT molecular complexity index is 1010. The van der Waals surface area contributed by atoms with Gasteiger partial charge in [-0.2, -0.15) is 0 Å². The predicted octanol–water partition coefficient (Wildman–Crippen LogP) is 0.294. The molecule has 0 aliphatic carbocycles. The molecule has 3 N–H and O–H groups in total. The number of ether oxygens (including phenoxy) is 1. The average molecular weight is 419 g/mol. The monoisotopic (exact) mass is 419 g/mol. The maximum Gasteiger partial charge on any atom is 0.333 e. The molecule has 1 aromatic carbocycles. The van der Waals surface area contributed by atoms with Gasteiger partial charge in [-0.15, -0.1) is 0 Å². The molecule has 9 nitrogen and oxygen atoms in total. The zero-order chi connectivity index (χ0) is 21.7. The summed E-state index contributed by atoms with van der Waals surface area (Å²) in [5, 5.41) is 2.65. The molecule has 2 heterocycles. The van der Waals surface area contributed by atoms with Crippen LogP contribution in [0.25, 0.3) is 0 Å². The molecule has 2 aromatic rings. The Morgan fingerprint density at radius 2 is 1.83 bits per heavy atom. The number of aromatic nitrogens is 2. The molecule has 10 heteroatoms. The summed E-state index contributed by atoms with van der Waals surface area (Å²) >= 11 is 0. The third kappa shape index (κ3) is 4.70. The van der Waals surface area contributed by atoms with Gasteiger partial charge in [0.05, 0.1) is 13.2 Å². The zero-order valence-electron chi connectivity index (χ0n) is 16.9. The molecule has 3 rings (SSSR count). The van der Waals surface area contributed by atoms with E-state index in [9.17, 15) is 18.8 Å². The lowest BCUT2D eigenvalue weighted by atomic mass is 10.2. The predicted molar refractivity (Wildman–Crippen MR) is 111 cm³/mol. The Balaban J connectivity index is 1.87. The molecule has 30 heavy (non-hydrogen) atoms. The van der Waals surface area contributed by atoms with Crippen LogP contribution in [0.1, 0.15) is 18.9 Å². The lowest BCUT2D eigenvalue weighted by Crippen LogP contribution is -2.49. The Kier molecular flexibility index (Phi) is 6.88. The summed E-state index contributed by atoms with van der Waals surface area (Å²) in [6.07, 6.45) is 0.641. The number of nitrogens with one attached hydrogen (secondary N) is 1. The highest BCUT2D eigenvalue weighted by Crippen LogP contribution is 2.18. The molecule has 0 spiro atoms. The van der Waals surface area contributed by atoms with Crippen LogP contribution in [-0.2, 0) is 29.2 Å². The van der Waals surface area contributed by atoms with Crippen LogP contribution in [0.3, 0.4) is 0 Å². The number of rotatable bonds is 7. The van der Waals surface area contributed by atoms with Gasteiger partial charge < -0.3 is 20.7 Å². The van der Waals surface area contributed by atoms with Crippen LogP contribution in [0, 0.1) is 5.82 Å². The first kappa shape index (κ1) is 21.6. The highest BCUT2D eigenvalue weighted by molar-refractivity contribution is 5.76. The van der Waals surface area contributed by atoms with Crippen molar-refractivity contribution in [3.63, 3.8) is 0 Å². The van der Waals surface area contributed by atoms with E-state index in [1.54, 1.807) is 17.0 Å². The minimum Gasteiger partial charge on any atom is -0.383 e. The number of nitrogen functional groups attached to an aromatic ring is 1. The van der Waals surface area contributed by atoms with Crippen molar-refractivity contribution in [1.82, 2.24) is 14.5 Å². The fraction of sp³-hybridized carbons (Fsp3) is 0.450. The zero-order valence-corrected chi connectivity index (χ0v) is 16.9. The van der Waals surface area contributed by atoms with E-state index in [1.807, 2.05) is 6.92 Å². The van der Waals surface area contributed by atoms with E-state index in [0.29, 0.717) is 44.8 Å². The molecule has 162 valence electrons. The number of nitrogens with two attached hydrogens (primary N) is 1. The van der Waals surface area contributed by atoms with E-state index in [2.05, 4.69) is 5.32 Å². The van der Waals surface area contributed by atoms with Crippen molar-refractivity contribution in [3.8, 4) is 0 Å². The molecule has 0 unspecified atom stereocenters. The largest absolute Gasteiger partial charge is 0.383 e. The normalized spacial score (nSPS) is 14.0. The third-order valence-electron chi connectivity index (χ3n) is 4.92. The van der Waals surface area contributed by atoms with Crippen LogP contribution in [0.5, 0.6) is 0 Å². The first-order chi connectivity index (χ1) is 14.4. The van der Waals surface area contributed by atoms with Crippen LogP contribution in [0.15, 0.2) is 33.9 Å². The first-order valence-electron chi connectivity index (χ1n) is 9.89. The van der Waals surface area contributed by atoms with Gasteiger partial charge in [-0.3, -0.25) is 14.2 Å². The number of nitrogens with zero attached hydrogens (tertiary/aromatic N) is 3. The van der Waals surface area contributed by atoms with E-state index in [-0.39, 0.29) is 23.9 Å². The highest BCUT2D eigenvalue weighted by atomic mass is 19.1. The van der Waals surface area contributed by atoms with E-state index in [4.69, 9.17) is 10.5 Å². The summed E-state index contributed by atoms with van der Waals surface area (Å²) in [6.45, 7) is 3.79. The van der Waals surface area contributed by atoms with Crippen molar-refractivity contribution in [2.75, 3.05) is 36.9 Å². The van der Waals surface area contributed by atoms with Gasteiger partial charge in [-0.05, 0) is 24.1 Å². The van der Waals surface area contributed by atoms with E-state index >= 15 is 0 Å². The minimum atomic E-state index is -0.617. The summed E-state index contributed by atoms with van der Waals surface area (Å²) in [4.78, 5) is 40.2. The molecule has 1 saturated heterocycles. The van der Waals surface area contributed by atoms with Gasteiger partial charge in [0.2, 0.25) is 5.91 Å². The second-order valence-electron chi connectivity index (χ2n) is 7.06. The average Bonchev–Trinajstić information content (AvgIpc) is 2.75. The quantitative estimate of drug-likeness (QED) is 0.668. The number of amides is 1. The van der Waals surface area contributed by atoms with Gasteiger partial charge >= 0.3 is 5.69 Å². The van der Waals surface area contributed by atoms with Crippen molar-refractivity contribution in [3.05, 3.63) is 56.5 Å². The standard InChI is InChI=1S/C20H26FN5O4/c1-2-7-25-18(22)17(24-8-10-30-11-9-24)19(28)26(20(25)29)13-16(27)23-12-14-3-5-15(21)6-4-14/h3-6H,2,7-13,22H2,1H3,(H,23,27). The van der Waals surface area contributed by atoms with Gasteiger partial charge in [0.25, 0.3) is 5.56 Å². The number of anilines is 2. The van der Waals surface area contributed by atoms with E-state index in [0.717, 1.165) is 4.57 Å². The topological polar surface area (TPSA) is 112 Å². The van der Waals surface area contributed by atoms with Gasteiger partial charge in [-0.25, -0.2) is 13.8 Å². The number of carbonyl (C=O) groups is 1. The minimum absolute atomic E-state index is 0.108.